The predicted octanol–water partition coefficient (Wildman–Crippen LogP) is 3.70. The van der Waals surface area contributed by atoms with Crippen molar-refractivity contribution in [2.24, 2.45) is 0 Å². The van der Waals surface area contributed by atoms with Crippen molar-refractivity contribution < 1.29 is 24.9 Å². The van der Waals surface area contributed by atoms with E-state index in [9.17, 15) is 20.1 Å². The van der Waals surface area contributed by atoms with E-state index in [1.807, 2.05) is 0 Å². The fourth-order valence-corrected chi connectivity index (χ4v) is 2.27. The first-order valence-corrected chi connectivity index (χ1v) is 8.16. The Morgan fingerprint density at radius 2 is 1.48 bits per heavy atom. The number of ether oxygens (including phenoxy) is 1. The van der Waals surface area contributed by atoms with Crippen LogP contribution in [-0.4, -0.2) is 33.2 Å². The largest absolute Gasteiger partial charge is 0.504 e. The number of carbonyl (C=O) groups excluding carboxylic acids is 1. The number of aromatic hydroxyl groups is 3. The second-order valence-electron chi connectivity index (χ2n) is 4.81. The molecule has 1 aromatic carbocycles. The summed E-state index contributed by atoms with van der Waals surface area (Å²) < 4.78 is 5.06. The summed E-state index contributed by atoms with van der Waals surface area (Å²) in [5.41, 5.74) is 0.0140. The molecule has 0 fully saturated rings. The molecular weight excluding hydrogens is 340 g/mol. The van der Waals surface area contributed by atoms with E-state index in [1.165, 1.54) is 19.3 Å². The molecule has 6 heteroatoms. The fourth-order valence-electron chi connectivity index (χ4n) is 1.87. The van der Waals surface area contributed by atoms with Crippen LogP contribution < -0.4 is 0 Å². The number of hydrogen-bond acceptors (Lipinski definition) is 5. The highest BCUT2D eigenvalue weighted by atomic mass is 79.9. The highest BCUT2D eigenvalue weighted by Gasteiger charge is 2.14. The second kappa shape index (κ2) is 9.50. The number of halogens is 1. The zero-order valence-corrected chi connectivity index (χ0v) is 13.4. The van der Waals surface area contributed by atoms with Gasteiger partial charge >= 0.3 is 5.97 Å². The van der Waals surface area contributed by atoms with Crippen LogP contribution >= 0.6 is 15.9 Å². The summed E-state index contributed by atoms with van der Waals surface area (Å²) >= 11 is 3.39. The molecule has 0 heterocycles. The van der Waals surface area contributed by atoms with Crippen LogP contribution in [0.3, 0.4) is 0 Å². The van der Waals surface area contributed by atoms with Gasteiger partial charge in [-0.1, -0.05) is 41.6 Å². The van der Waals surface area contributed by atoms with Crippen LogP contribution in [0.15, 0.2) is 12.1 Å². The van der Waals surface area contributed by atoms with E-state index in [0.717, 1.165) is 36.7 Å². The van der Waals surface area contributed by atoms with Gasteiger partial charge in [-0.05, 0) is 25.0 Å². The SMILES string of the molecule is O=C(OCCCCCCCCBr)c1cc(O)c(O)c(O)c1. The van der Waals surface area contributed by atoms with E-state index in [1.54, 1.807) is 0 Å². The molecule has 0 unspecified atom stereocenters. The summed E-state index contributed by atoms with van der Waals surface area (Å²) in [6, 6.07) is 2.13. The summed E-state index contributed by atoms with van der Waals surface area (Å²) in [5.74, 6) is -2.36. The van der Waals surface area contributed by atoms with Gasteiger partial charge in [-0.2, -0.15) is 0 Å². The van der Waals surface area contributed by atoms with Crippen LogP contribution in [0.4, 0.5) is 0 Å². The third-order valence-corrected chi connectivity index (χ3v) is 3.63. The van der Waals surface area contributed by atoms with Crippen molar-refractivity contribution in [1.82, 2.24) is 0 Å². The monoisotopic (exact) mass is 360 g/mol. The molecule has 0 bridgehead atoms. The van der Waals surface area contributed by atoms with Gasteiger partial charge in [-0.15, -0.1) is 0 Å². The Bertz CT molecular complexity index is 438. The lowest BCUT2D eigenvalue weighted by Gasteiger charge is -2.07. The van der Waals surface area contributed by atoms with Crippen LogP contribution in [0, 0.1) is 0 Å². The number of carbonyl (C=O) groups is 1. The molecule has 0 amide bonds. The number of alkyl halides is 1. The van der Waals surface area contributed by atoms with E-state index in [-0.39, 0.29) is 5.56 Å². The third-order valence-electron chi connectivity index (χ3n) is 3.07. The lowest BCUT2D eigenvalue weighted by molar-refractivity contribution is 0.0496. The summed E-state index contributed by atoms with van der Waals surface area (Å²) in [7, 11) is 0. The zero-order valence-electron chi connectivity index (χ0n) is 11.8. The molecule has 118 valence electrons. The first kappa shape index (κ1) is 17.6. The number of hydrogen-bond donors (Lipinski definition) is 3. The van der Waals surface area contributed by atoms with Crippen molar-refractivity contribution in [1.29, 1.82) is 0 Å². The summed E-state index contributed by atoms with van der Waals surface area (Å²) in [6.07, 6.45) is 6.47. The van der Waals surface area contributed by atoms with Gasteiger partial charge in [0.05, 0.1) is 12.2 Å². The average molecular weight is 361 g/mol. The van der Waals surface area contributed by atoms with Gasteiger partial charge in [-0.3, -0.25) is 0 Å². The van der Waals surface area contributed by atoms with Crippen LogP contribution in [0.25, 0.3) is 0 Å². The molecule has 0 spiro atoms. The van der Waals surface area contributed by atoms with Crippen molar-refractivity contribution in [2.45, 2.75) is 38.5 Å². The number of phenols is 3. The number of rotatable bonds is 9. The highest BCUT2D eigenvalue weighted by Crippen LogP contribution is 2.35. The smallest absolute Gasteiger partial charge is 0.338 e. The summed E-state index contributed by atoms with van der Waals surface area (Å²) in [5, 5.41) is 28.9. The van der Waals surface area contributed by atoms with Crippen LogP contribution in [0.5, 0.6) is 17.2 Å². The van der Waals surface area contributed by atoms with Gasteiger partial charge in [0.15, 0.2) is 17.2 Å². The minimum absolute atomic E-state index is 0.0140. The Morgan fingerprint density at radius 1 is 0.952 bits per heavy atom. The fraction of sp³-hybridized carbons (Fsp3) is 0.533. The number of unbranched alkanes of at least 4 members (excludes halogenated alkanes) is 5. The maximum Gasteiger partial charge on any atom is 0.338 e. The molecule has 5 nitrogen and oxygen atoms in total. The van der Waals surface area contributed by atoms with Crippen molar-refractivity contribution >= 4 is 21.9 Å². The maximum atomic E-state index is 11.7. The lowest BCUT2D eigenvalue weighted by Crippen LogP contribution is -2.06. The highest BCUT2D eigenvalue weighted by molar-refractivity contribution is 9.09. The van der Waals surface area contributed by atoms with Crippen LogP contribution in [-0.2, 0) is 4.74 Å². The Kier molecular flexibility index (Phi) is 7.97. The van der Waals surface area contributed by atoms with Crippen LogP contribution in [0.1, 0.15) is 48.9 Å². The van der Waals surface area contributed by atoms with Gasteiger partial charge in [0.2, 0.25) is 0 Å². The molecule has 21 heavy (non-hydrogen) atoms. The maximum absolute atomic E-state index is 11.7. The lowest BCUT2D eigenvalue weighted by atomic mass is 10.1. The van der Waals surface area contributed by atoms with E-state index in [4.69, 9.17) is 4.74 Å². The van der Waals surface area contributed by atoms with E-state index in [0.29, 0.717) is 6.61 Å². The summed E-state index contributed by atoms with van der Waals surface area (Å²) in [6.45, 7) is 0.305. The molecular formula is C15H21BrO5. The predicted molar refractivity (Wildman–Crippen MR) is 83.2 cm³/mol. The molecule has 0 aromatic heterocycles. The Morgan fingerprint density at radius 3 is 2.05 bits per heavy atom. The van der Waals surface area contributed by atoms with Gasteiger partial charge in [0, 0.05) is 5.33 Å². The van der Waals surface area contributed by atoms with Crippen molar-refractivity contribution in [2.75, 3.05) is 11.9 Å². The molecule has 0 aliphatic rings. The standard InChI is InChI=1S/C15H21BrO5/c16-7-5-3-1-2-4-6-8-21-15(20)11-9-12(17)14(19)13(18)10-11/h9-10,17-19H,1-8H2. The summed E-state index contributed by atoms with van der Waals surface area (Å²) in [4.78, 5) is 11.7. The Labute approximate surface area is 132 Å². The molecule has 0 saturated heterocycles. The molecule has 0 saturated carbocycles. The molecule has 3 N–H and O–H groups in total. The van der Waals surface area contributed by atoms with E-state index >= 15 is 0 Å². The third kappa shape index (κ3) is 6.25. The number of phenolic OH excluding ortho intramolecular Hbond substituents is 3. The normalized spacial score (nSPS) is 10.5. The van der Waals surface area contributed by atoms with Crippen LogP contribution in [0.2, 0.25) is 0 Å². The van der Waals surface area contributed by atoms with Gasteiger partial charge in [0.25, 0.3) is 0 Å². The van der Waals surface area contributed by atoms with Gasteiger partial charge in [-0.25, -0.2) is 4.79 Å². The Hall–Kier alpha value is -1.43. The molecule has 0 aliphatic heterocycles. The minimum Gasteiger partial charge on any atom is -0.504 e. The quantitative estimate of drug-likeness (QED) is 0.270. The van der Waals surface area contributed by atoms with Gasteiger partial charge < -0.3 is 20.1 Å². The Balaban J connectivity index is 2.25. The van der Waals surface area contributed by atoms with E-state index < -0.39 is 23.2 Å². The zero-order chi connectivity index (χ0) is 15.7. The van der Waals surface area contributed by atoms with Gasteiger partial charge in [0.1, 0.15) is 0 Å². The molecule has 0 atom stereocenters. The molecule has 0 aliphatic carbocycles. The topological polar surface area (TPSA) is 87.0 Å². The number of esters is 1. The van der Waals surface area contributed by atoms with Crippen molar-refractivity contribution in [3.63, 3.8) is 0 Å². The first-order valence-electron chi connectivity index (χ1n) is 7.04. The number of benzene rings is 1. The molecule has 1 aromatic rings. The first-order chi connectivity index (χ1) is 10.1. The molecule has 1 rings (SSSR count). The van der Waals surface area contributed by atoms with E-state index in [2.05, 4.69) is 15.9 Å². The average Bonchev–Trinajstić information content (AvgIpc) is 2.46. The molecule has 0 radical (unpaired) electrons. The second-order valence-corrected chi connectivity index (χ2v) is 5.60. The van der Waals surface area contributed by atoms with Crippen molar-refractivity contribution in [3.8, 4) is 17.2 Å². The minimum atomic E-state index is -0.643. The van der Waals surface area contributed by atoms with Crippen molar-refractivity contribution in [3.05, 3.63) is 17.7 Å².